The van der Waals surface area contributed by atoms with E-state index in [0.29, 0.717) is 30.5 Å². The molecule has 0 spiro atoms. The summed E-state index contributed by atoms with van der Waals surface area (Å²) >= 11 is 0. The molecule has 6 heteroatoms. The summed E-state index contributed by atoms with van der Waals surface area (Å²) < 4.78 is 11.2. The molecule has 0 N–H and O–H groups in total. The van der Waals surface area contributed by atoms with Crippen LogP contribution in [0.15, 0.2) is 48.7 Å². The van der Waals surface area contributed by atoms with Crippen LogP contribution in [0.5, 0.6) is 5.88 Å². The summed E-state index contributed by atoms with van der Waals surface area (Å²) in [5.74, 6) is 0.956. The van der Waals surface area contributed by atoms with Gasteiger partial charge in [0, 0.05) is 11.6 Å². The number of rotatable bonds is 6. The minimum absolute atomic E-state index is 0.194. The van der Waals surface area contributed by atoms with Crippen LogP contribution in [0.2, 0.25) is 0 Å². The fourth-order valence-corrected chi connectivity index (χ4v) is 3.98. The minimum Gasteiger partial charge on any atom is -0.475 e. The molecule has 1 aliphatic rings. The summed E-state index contributed by atoms with van der Waals surface area (Å²) in [4.78, 5) is 22.9. The molecule has 1 aliphatic heterocycles. The van der Waals surface area contributed by atoms with Crippen LogP contribution < -0.4 is 9.22 Å². The van der Waals surface area contributed by atoms with E-state index in [4.69, 9.17) is 9.47 Å². The molecular formula is C27H36N3O3+. The molecule has 0 saturated carbocycles. The molecule has 0 saturated heterocycles. The molecule has 0 fully saturated rings. The smallest absolute Gasteiger partial charge is 0.475 e. The number of nitrogens with zero attached hydrogens (tertiary/aromatic N) is 3. The van der Waals surface area contributed by atoms with E-state index in [-0.39, 0.29) is 15.8 Å². The van der Waals surface area contributed by atoms with Crippen LogP contribution in [0, 0.1) is 18.3 Å². The average molecular weight is 451 g/mol. The highest BCUT2D eigenvalue weighted by molar-refractivity contribution is 5.98. The van der Waals surface area contributed by atoms with Crippen LogP contribution in [-0.2, 0) is 11.2 Å². The Morgan fingerprint density at radius 2 is 1.88 bits per heavy atom. The van der Waals surface area contributed by atoms with Gasteiger partial charge in [0.2, 0.25) is 0 Å². The van der Waals surface area contributed by atoms with Crippen molar-refractivity contribution in [3.63, 3.8) is 0 Å². The zero-order valence-corrected chi connectivity index (χ0v) is 20.9. The highest BCUT2D eigenvalue weighted by Crippen LogP contribution is 2.41. The van der Waals surface area contributed by atoms with Crippen LogP contribution >= 0.6 is 0 Å². The highest BCUT2D eigenvalue weighted by Gasteiger charge is 2.50. The number of amides is 1. The standard InChI is InChI=1S/C27H36N3O3/c1-19(2)18-33-26(31)30(24-25(32-7)29-20(3)17-28-24)15-9-8-10-23(30)22-13-11-21(12-14-22)16-27(4,5)6/h8-14,17,19H,15-16,18H2,1-7H3/q+1. The average Bonchev–Trinajstić information content (AvgIpc) is 2.76. The first kappa shape index (κ1) is 24.6. The molecule has 2 aromatic rings. The van der Waals surface area contributed by atoms with Crippen molar-refractivity contribution in [1.29, 1.82) is 0 Å². The third kappa shape index (κ3) is 5.50. The summed E-state index contributed by atoms with van der Waals surface area (Å²) in [6.45, 7) is 13.2. The number of quaternary nitrogens is 1. The van der Waals surface area contributed by atoms with Crippen molar-refractivity contribution in [2.45, 2.75) is 48.0 Å². The fraction of sp³-hybridized carbons (Fsp3) is 0.444. The van der Waals surface area contributed by atoms with Gasteiger partial charge < -0.3 is 9.47 Å². The van der Waals surface area contributed by atoms with Gasteiger partial charge in [0.25, 0.3) is 5.88 Å². The molecule has 0 aliphatic carbocycles. The van der Waals surface area contributed by atoms with Crippen LogP contribution in [0.25, 0.3) is 5.70 Å². The number of hydrogen-bond donors (Lipinski definition) is 0. The van der Waals surface area contributed by atoms with E-state index in [1.165, 1.54) is 5.56 Å². The van der Waals surface area contributed by atoms with Crippen LogP contribution in [-0.4, -0.2) is 36.3 Å². The maximum absolute atomic E-state index is 13.8. The summed E-state index contributed by atoms with van der Waals surface area (Å²) in [5, 5.41) is 0. The Balaban J connectivity index is 2.14. The number of methoxy groups -OCH3 is 1. The van der Waals surface area contributed by atoms with Crippen molar-refractivity contribution in [3.8, 4) is 5.88 Å². The van der Waals surface area contributed by atoms with Crippen molar-refractivity contribution in [2.24, 2.45) is 11.3 Å². The van der Waals surface area contributed by atoms with Gasteiger partial charge >= 0.3 is 11.9 Å². The zero-order chi connectivity index (χ0) is 24.2. The number of allylic oxidation sites excluding steroid dienone is 2. The molecule has 1 unspecified atom stereocenters. The van der Waals surface area contributed by atoms with Gasteiger partial charge in [-0.15, -0.1) is 4.48 Å². The Morgan fingerprint density at radius 3 is 2.48 bits per heavy atom. The van der Waals surface area contributed by atoms with Gasteiger partial charge in [-0.1, -0.05) is 52.8 Å². The number of carbonyl (C=O) groups is 1. The number of aryl methyl sites for hydroxylation is 1. The van der Waals surface area contributed by atoms with E-state index in [1.807, 2.05) is 39.0 Å². The normalized spacial score (nSPS) is 18.2. The minimum atomic E-state index is -0.394. The molecule has 33 heavy (non-hydrogen) atoms. The number of aromatic nitrogens is 2. The highest BCUT2D eigenvalue weighted by atomic mass is 16.6. The maximum atomic E-state index is 13.8. The molecule has 1 aromatic heterocycles. The summed E-state index contributed by atoms with van der Waals surface area (Å²) in [6, 6.07) is 8.41. The van der Waals surface area contributed by atoms with Gasteiger partial charge in [0.1, 0.15) is 6.54 Å². The van der Waals surface area contributed by atoms with Crippen LogP contribution in [0.4, 0.5) is 10.6 Å². The Hall–Kier alpha value is -2.99. The predicted molar refractivity (Wildman–Crippen MR) is 133 cm³/mol. The van der Waals surface area contributed by atoms with Crippen molar-refractivity contribution >= 4 is 17.6 Å². The van der Waals surface area contributed by atoms with Gasteiger partial charge in [0.05, 0.1) is 25.6 Å². The molecule has 6 nitrogen and oxygen atoms in total. The SMILES string of the molecule is COc1nc(C)cnc1[N+]1(C(=O)OCC(C)C)CC=CC=C1c1ccc(CC(C)(C)C)cc1. The Bertz CT molecular complexity index is 1050. The first-order valence-electron chi connectivity index (χ1n) is 11.5. The van der Waals surface area contributed by atoms with Crippen molar-refractivity contribution in [1.82, 2.24) is 14.5 Å². The van der Waals surface area contributed by atoms with Gasteiger partial charge in [-0.05, 0) is 48.4 Å². The largest absolute Gasteiger partial charge is 0.528 e. The number of ether oxygens (including phenoxy) is 2. The summed E-state index contributed by atoms with van der Waals surface area (Å²) in [5.41, 5.74) is 3.88. The predicted octanol–water partition coefficient (Wildman–Crippen LogP) is 6.09. The van der Waals surface area contributed by atoms with Gasteiger partial charge in [-0.2, -0.15) is 9.78 Å². The maximum Gasteiger partial charge on any atom is 0.528 e. The molecule has 1 aromatic carbocycles. The molecule has 0 bridgehead atoms. The topological polar surface area (TPSA) is 61.3 Å². The Morgan fingerprint density at radius 1 is 1.18 bits per heavy atom. The first-order chi connectivity index (χ1) is 15.6. The number of hydrogen-bond acceptors (Lipinski definition) is 5. The molecule has 1 atom stereocenters. The second kappa shape index (κ2) is 9.87. The fourth-order valence-electron chi connectivity index (χ4n) is 3.98. The van der Waals surface area contributed by atoms with E-state index >= 15 is 0 Å². The second-order valence-corrected chi connectivity index (χ2v) is 10.2. The van der Waals surface area contributed by atoms with Crippen LogP contribution in [0.3, 0.4) is 0 Å². The zero-order valence-electron chi connectivity index (χ0n) is 20.9. The van der Waals surface area contributed by atoms with Gasteiger partial charge in [-0.25, -0.2) is 4.98 Å². The molecule has 1 amide bonds. The molecule has 0 radical (unpaired) electrons. The number of benzene rings is 1. The van der Waals surface area contributed by atoms with E-state index in [2.05, 4.69) is 55.0 Å². The van der Waals surface area contributed by atoms with Gasteiger partial charge in [-0.3, -0.25) is 0 Å². The van der Waals surface area contributed by atoms with Crippen molar-refractivity contribution in [2.75, 3.05) is 20.3 Å². The monoisotopic (exact) mass is 450 g/mol. The van der Waals surface area contributed by atoms with Gasteiger partial charge in [0.15, 0.2) is 5.70 Å². The molecular weight excluding hydrogens is 414 g/mol. The van der Waals surface area contributed by atoms with E-state index in [1.54, 1.807) is 13.3 Å². The lowest BCUT2D eigenvalue weighted by molar-refractivity contribution is 0.110. The third-order valence-electron chi connectivity index (χ3n) is 5.41. The third-order valence-corrected chi connectivity index (χ3v) is 5.41. The summed E-state index contributed by atoms with van der Waals surface area (Å²) in [6.07, 6.45) is 8.12. The number of carbonyl (C=O) groups excluding carboxylic acids is 1. The van der Waals surface area contributed by atoms with E-state index < -0.39 is 6.09 Å². The molecule has 2 heterocycles. The van der Waals surface area contributed by atoms with E-state index in [0.717, 1.165) is 17.7 Å². The molecule has 176 valence electrons. The quantitative estimate of drug-likeness (QED) is 0.498. The first-order valence-corrected chi connectivity index (χ1v) is 11.5. The van der Waals surface area contributed by atoms with Crippen LogP contribution in [0.1, 0.15) is 51.4 Å². The lowest BCUT2D eigenvalue weighted by Gasteiger charge is -2.35. The second-order valence-electron chi connectivity index (χ2n) is 10.2. The van der Waals surface area contributed by atoms with Crippen molar-refractivity contribution in [3.05, 3.63) is 65.5 Å². The Kier molecular flexibility index (Phi) is 7.38. The molecule has 3 rings (SSSR count). The summed E-state index contributed by atoms with van der Waals surface area (Å²) in [7, 11) is 1.55. The lowest BCUT2D eigenvalue weighted by atomic mass is 9.88. The lowest BCUT2D eigenvalue weighted by Crippen LogP contribution is -2.54. The van der Waals surface area contributed by atoms with E-state index in [9.17, 15) is 4.79 Å². The Labute approximate surface area is 197 Å². The van der Waals surface area contributed by atoms with Crippen molar-refractivity contribution < 1.29 is 14.3 Å².